The number of nitrogens with zero attached hydrogens (tertiary/aromatic N) is 2. The number of carboxylic acid groups (broad SMARTS) is 1. The molecule has 0 aliphatic heterocycles. The van der Waals surface area contributed by atoms with Gasteiger partial charge in [0, 0.05) is 10.4 Å². The molecule has 0 aliphatic rings. The van der Waals surface area contributed by atoms with Gasteiger partial charge in [0.15, 0.2) is 0 Å². The summed E-state index contributed by atoms with van der Waals surface area (Å²) in [4.78, 5) is 17.3. The summed E-state index contributed by atoms with van der Waals surface area (Å²) in [5.74, 6) is -0.0287. The Morgan fingerprint density at radius 2 is 1.95 bits per heavy atom. The minimum absolute atomic E-state index is 0.229. The molecule has 0 fully saturated rings. The lowest BCUT2D eigenvalue weighted by Gasteiger charge is -1.95. The van der Waals surface area contributed by atoms with Crippen molar-refractivity contribution >= 4 is 17.3 Å². The third-order valence-electron chi connectivity index (χ3n) is 3.19. The van der Waals surface area contributed by atoms with Crippen LogP contribution in [0.15, 0.2) is 34.9 Å². The molecule has 3 aromatic rings. The number of carboxylic acids is 1. The van der Waals surface area contributed by atoms with Crippen LogP contribution < -0.4 is 0 Å². The number of thiophene rings is 1. The van der Waals surface area contributed by atoms with Gasteiger partial charge < -0.3 is 9.63 Å². The average Bonchev–Trinajstić information content (AvgIpc) is 3.07. The summed E-state index contributed by atoms with van der Waals surface area (Å²) in [6, 6.07) is 8.40. The summed E-state index contributed by atoms with van der Waals surface area (Å²) < 4.78 is 5.28. The fourth-order valence-corrected chi connectivity index (χ4v) is 2.84. The van der Waals surface area contributed by atoms with E-state index in [4.69, 9.17) is 9.63 Å². The highest BCUT2D eigenvalue weighted by Gasteiger charge is 2.14. The Hall–Kier alpha value is -2.47. The highest BCUT2D eigenvalue weighted by molar-refractivity contribution is 7.15. The monoisotopic (exact) mass is 300 g/mol. The van der Waals surface area contributed by atoms with Gasteiger partial charge in [0.05, 0.1) is 10.4 Å². The van der Waals surface area contributed by atoms with Crippen molar-refractivity contribution in [2.24, 2.45) is 0 Å². The second-order valence-electron chi connectivity index (χ2n) is 4.66. The molecule has 6 heteroatoms. The topological polar surface area (TPSA) is 76.2 Å². The van der Waals surface area contributed by atoms with Gasteiger partial charge in [-0.3, -0.25) is 0 Å². The van der Waals surface area contributed by atoms with E-state index in [2.05, 4.69) is 10.1 Å². The van der Waals surface area contributed by atoms with Crippen molar-refractivity contribution in [1.82, 2.24) is 10.1 Å². The Morgan fingerprint density at radius 3 is 2.52 bits per heavy atom. The summed E-state index contributed by atoms with van der Waals surface area (Å²) in [6.45, 7) is 4.09. The molecule has 3 rings (SSSR count). The Kier molecular flexibility index (Phi) is 3.31. The van der Waals surface area contributed by atoms with E-state index in [-0.39, 0.29) is 5.56 Å². The molecular formula is C15H12N2O3S. The lowest BCUT2D eigenvalue weighted by atomic mass is 10.1. The maximum Gasteiger partial charge on any atom is 0.335 e. The molecule has 0 unspecified atom stereocenters. The van der Waals surface area contributed by atoms with Gasteiger partial charge in [0.1, 0.15) is 0 Å². The first-order chi connectivity index (χ1) is 10.0. The van der Waals surface area contributed by atoms with Crippen molar-refractivity contribution in [2.75, 3.05) is 0 Å². The number of hydrogen-bond acceptors (Lipinski definition) is 5. The zero-order valence-corrected chi connectivity index (χ0v) is 12.3. The van der Waals surface area contributed by atoms with Gasteiger partial charge in [0.2, 0.25) is 5.82 Å². The minimum Gasteiger partial charge on any atom is -0.478 e. The molecule has 0 atom stereocenters. The van der Waals surface area contributed by atoms with Crippen LogP contribution in [0.5, 0.6) is 0 Å². The van der Waals surface area contributed by atoms with Gasteiger partial charge in [-0.1, -0.05) is 17.3 Å². The molecule has 2 heterocycles. The smallest absolute Gasteiger partial charge is 0.335 e. The van der Waals surface area contributed by atoms with Crippen molar-refractivity contribution in [1.29, 1.82) is 0 Å². The van der Waals surface area contributed by atoms with Crippen molar-refractivity contribution in [3.05, 3.63) is 46.3 Å². The second kappa shape index (κ2) is 5.14. The number of carbonyl (C=O) groups is 1. The van der Waals surface area contributed by atoms with Gasteiger partial charge in [0.25, 0.3) is 5.89 Å². The number of aromatic carboxylic acids is 1. The molecule has 1 aromatic carbocycles. The van der Waals surface area contributed by atoms with Crippen LogP contribution in [0.25, 0.3) is 22.2 Å². The number of hydrogen-bond donors (Lipinski definition) is 1. The van der Waals surface area contributed by atoms with Gasteiger partial charge in [-0.25, -0.2) is 4.79 Å². The molecule has 0 saturated carbocycles. The van der Waals surface area contributed by atoms with Crippen molar-refractivity contribution in [3.63, 3.8) is 0 Å². The Labute approximate surface area is 124 Å². The van der Waals surface area contributed by atoms with E-state index in [1.54, 1.807) is 23.5 Å². The third kappa shape index (κ3) is 2.57. The van der Waals surface area contributed by atoms with E-state index in [1.807, 2.05) is 19.9 Å². The van der Waals surface area contributed by atoms with E-state index in [9.17, 15) is 4.79 Å². The standard InChI is InChI=1S/C15H12N2O3S/c1-8-7-12(21-9(8)2)14-16-13(17-20-14)10-3-5-11(6-4-10)15(18)19/h3-7H,1-2H3,(H,18,19). The van der Waals surface area contributed by atoms with Crippen LogP contribution in [0.4, 0.5) is 0 Å². The lowest BCUT2D eigenvalue weighted by molar-refractivity contribution is 0.0697. The summed E-state index contributed by atoms with van der Waals surface area (Å²) in [5.41, 5.74) is 2.15. The molecular weight excluding hydrogens is 288 g/mol. The van der Waals surface area contributed by atoms with Crippen molar-refractivity contribution in [2.45, 2.75) is 13.8 Å². The average molecular weight is 300 g/mol. The Morgan fingerprint density at radius 1 is 1.24 bits per heavy atom. The zero-order valence-electron chi connectivity index (χ0n) is 11.5. The molecule has 0 aliphatic carbocycles. The molecule has 21 heavy (non-hydrogen) atoms. The van der Waals surface area contributed by atoms with Crippen molar-refractivity contribution < 1.29 is 14.4 Å². The van der Waals surface area contributed by atoms with Gasteiger partial charge in [-0.2, -0.15) is 4.98 Å². The first-order valence-electron chi connectivity index (χ1n) is 6.29. The predicted octanol–water partition coefficient (Wildman–Crippen LogP) is 3.78. The second-order valence-corrected chi connectivity index (χ2v) is 5.91. The summed E-state index contributed by atoms with van der Waals surface area (Å²) >= 11 is 1.61. The third-order valence-corrected chi connectivity index (χ3v) is 4.33. The fourth-order valence-electron chi connectivity index (χ4n) is 1.88. The number of aromatic nitrogens is 2. The predicted molar refractivity (Wildman–Crippen MR) is 79.5 cm³/mol. The normalized spacial score (nSPS) is 10.8. The van der Waals surface area contributed by atoms with Crippen LogP contribution in [0.2, 0.25) is 0 Å². The zero-order chi connectivity index (χ0) is 15.0. The van der Waals surface area contributed by atoms with E-state index < -0.39 is 5.97 Å². The van der Waals surface area contributed by atoms with Gasteiger partial charge in [-0.15, -0.1) is 11.3 Å². The van der Waals surface area contributed by atoms with Crippen LogP contribution in [0.1, 0.15) is 20.8 Å². The molecule has 2 aromatic heterocycles. The van der Waals surface area contributed by atoms with Crippen LogP contribution in [0.3, 0.4) is 0 Å². The maximum atomic E-state index is 10.8. The Balaban J connectivity index is 1.92. The maximum absolute atomic E-state index is 10.8. The molecule has 106 valence electrons. The van der Waals surface area contributed by atoms with Crippen LogP contribution in [-0.2, 0) is 0 Å². The lowest BCUT2D eigenvalue weighted by Crippen LogP contribution is -1.95. The minimum atomic E-state index is -0.958. The van der Waals surface area contributed by atoms with E-state index in [0.29, 0.717) is 11.7 Å². The van der Waals surface area contributed by atoms with Gasteiger partial charge in [-0.05, 0) is 37.6 Å². The van der Waals surface area contributed by atoms with Gasteiger partial charge >= 0.3 is 5.97 Å². The molecule has 1 N–H and O–H groups in total. The highest BCUT2D eigenvalue weighted by Crippen LogP contribution is 2.30. The quantitative estimate of drug-likeness (QED) is 0.796. The van der Waals surface area contributed by atoms with Crippen LogP contribution in [0, 0.1) is 13.8 Å². The highest BCUT2D eigenvalue weighted by atomic mass is 32.1. The largest absolute Gasteiger partial charge is 0.478 e. The van der Waals surface area contributed by atoms with E-state index >= 15 is 0 Å². The number of rotatable bonds is 3. The first-order valence-corrected chi connectivity index (χ1v) is 7.11. The summed E-state index contributed by atoms with van der Waals surface area (Å²) in [7, 11) is 0. The number of aryl methyl sites for hydroxylation is 2. The molecule has 0 amide bonds. The van der Waals surface area contributed by atoms with E-state index in [1.165, 1.54) is 22.6 Å². The first kappa shape index (κ1) is 13.5. The molecule has 5 nitrogen and oxygen atoms in total. The molecule has 0 bridgehead atoms. The van der Waals surface area contributed by atoms with Crippen molar-refractivity contribution in [3.8, 4) is 22.2 Å². The SMILES string of the molecule is Cc1cc(-c2nc(-c3ccc(C(=O)O)cc3)no2)sc1C. The summed E-state index contributed by atoms with van der Waals surface area (Å²) in [6.07, 6.45) is 0. The summed E-state index contributed by atoms with van der Waals surface area (Å²) in [5, 5.41) is 12.8. The number of benzene rings is 1. The van der Waals surface area contributed by atoms with Crippen LogP contribution in [-0.4, -0.2) is 21.2 Å². The molecule has 0 spiro atoms. The molecule has 0 saturated heterocycles. The van der Waals surface area contributed by atoms with E-state index in [0.717, 1.165) is 10.4 Å². The molecule has 0 radical (unpaired) electrons. The van der Waals surface area contributed by atoms with Crippen LogP contribution >= 0.6 is 11.3 Å². The Bertz CT molecular complexity index is 783. The fraction of sp³-hybridized carbons (Fsp3) is 0.133.